The second-order valence-corrected chi connectivity index (χ2v) is 7.23. The highest BCUT2D eigenvalue weighted by Gasteiger charge is 2.11. The number of nitrogens with zero attached hydrogens (tertiary/aromatic N) is 3. The molecular weight excluding hydrogens is 380 g/mol. The maximum absolute atomic E-state index is 10.9. The predicted octanol–water partition coefficient (Wildman–Crippen LogP) is 4.45. The first-order chi connectivity index (χ1) is 11.1. The molecule has 0 aliphatic carbocycles. The molecule has 8 heteroatoms. The summed E-state index contributed by atoms with van der Waals surface area (Å²) in [6.07, 6.45) is 0. The average molecular weight is 389 g/mol. The largest absolute Gasteiger partial charge is 0.365 e. The van der Waals surface area contributed by atoms with Gasteiger partial charge in [-0.25, -0.2) is 4.98 Å². The van der Waals surface area contributed by atoms with E-state index in [9.17, 15) is 15.4 Å². The van der Waals surface area contributed by atoms with Crippen LogP contribution in [0.2, 0.25) is 0 Å². The highest BCUT2D eigenvalue weighted by molar-refractivity contribution is 9.11. The van der Waals surface area contributed by atoms with E-state index in [2.05, 4.69) is 32.3 Å². The van der Waals surface area contributed by atoms with Crippen LogP contribution in [0.25, 0.3) is 10.9 Å². The van der Waals surface area contributed by atoms with Gasteiger partial charge in [0.2, 0.25) is 0 Å². The number of non-ortho nitro benzene ring substituents is 1. The normalized spacial score (nSPS) is 10.4. The van der Waals surface area contributed by atoms with Crippen molar-refractivity contribution in [3.63, 3.8) is 0 Å². The standard InChI is InChI=1S/C15H9BrN4O2S/c16-14-4-2-11(23-14)8-18-15-5-9(7-17)12-6-10(20(21)22)1-3-13(12)19-15/h1-6H,8H2,(H,18,19). The van der Waals surface area contributed by atoms with Gasteiger partial charge in [0.1, 0.15) is 5.82 Å². The number of thiophene rings is 1. The molecular formula is C15H9BrN4O2S. The van der Waals surface area contributed by atoms with Crippen LogP contribution in [-0.4, -0.2) is 9.91 Å². The third kappa shape index (κ3) is 3.31. The summed E-state index contributed by atoms with van der Waals surface area (Å²) in [6, 6.07) is 12.0. The van der Waals surface area contributed by atoms with Crippen molar-refractivity contribution in [3.8, 4) is 6.07 Å². The van der Waals surface area contributed by atoms with Crippen molar-refractivity contribution in [2.45, 2.75) is 6.54 Å². The lowest BCUT2D eigenvalue weighted by atomic mass is 10.1. The lowest BCUT2D eigenvalue weighted by molar-refractivity contribution is -0.384. The van der Waals surface area contributed by atoms with Gasteiger partial charge >= 0.3 is 0 Å². The van der Waals surface area contributed by atoms with E-state index in [4.69, 9.17) is 0 Å². The monoisotopic (exact) mass is 388 g/mol. The SMILES string of the molecule is N#Cc1cc(NCc2ccc(Br)s2)nc2ccc([N+](=O)[O-])cc12. The second kappa shape index (κ2) is 6.32. The lowest BCUT2D eigenvalue weighted by Gasteiger charge is -2.07. The number of anilines is 1. The number of aromatic nitrogens is 1. The molecule has 6 nitrogen and oxygen atoms in total. The Morgan fingerprint density at radius 3 is 2.83 bits per heavy atom. The Kier molecular flexibility index (Phi) is 4.23. The average Bonchev–Trinajstić information content (AvgIpc) is 2.97. The topological polar surface area (TPSA) is 91.8 Å². The third-order valence-electron chi connectivity index (χ3n) is 3.20. The number of benzene rings is 1. The van der Waals surface area contributed by atoms with Gasteiger partial charge in [-0.1, -0.05) is 0 Å². The van der Waals surface area contributed by atoms with Crippen LogP contribution in [0.15, 0.2) is 40.2 Å². The van der Waals surface area contributed by atoms with Crippen LogP contribution in [0, 0.1) is 21.4 Å². The summed E-state index contributed by atoms with van der Waals surface area (Å²) in [6.45, 7) is 0.590. The zero-order chi connectivity index (χ0) is 16.4. The molecule has 23 heavy (non-hydrogen) atoms. The summed E-state index contributed by atoms with van der Waals surface area (Å²) >= 11 is 5.02. The smallest absolute Gasteiger partial charge is 0.270 e. The molecule has 1 N–H and O–H groups in total. The van der Waals surface area contributed by atoms with Gasteiger partial charge < -0.3 is 5.32 Å². The number of hydrogen-bond donors (Lipinski definition) is 1. The molecule has 0 fully saturated rings. The third-order valence-corrected chi connectivity index (χ3v) is 4.82. The maximum Gasteiger partial charge on any atom is 0.270 e. The Bertz CT molecular complexity index is 948. The van der Waals surface area contributed by atoms with E-state index < -0.39 is 4.92 Å². The maximum atomic E-state index is 10.9. The first-order valence-corrected chi connectivity index (χ1v) is 8.15. The number of pyridine rings is 1. The van der Waals surface area contributed by atoms with E-state index in [1.807, 2.05) is 12.1 Å². The van der Waals surface area contributed by atoms with Crippen LogP contribution in [0.5, 0.6) is 0 Å². The highest BCUT2D eigenvalue weighted by atomic mass is 79.9. The molecule has 0 radical (unpaired) electrons. The van der Waals surface area contributed by atoms with Gasteiger partial charge in [0.05, 0.1) is 32.4 Å². The van der Waals surface area contributed by atoms with E-state index in [1.54, 1.807) is 23.5 Å². The lowest BCUT2D eigenvalue weighted by Crippen LogP contribution is -2.01. The molecule has 0 aliphatic heterocycles. The molecule has 0 aliphatic rings. The van der Waals surface area contributed by atoms with Gasteiger partial charge in [-0.2, -0.15) is 5.26 Å². The van der Waals surface area contributed by atoms with Gasteiger partial charge in [0, 0.05) is 22.4 Å². The van der Waals surface area contributed by atoms with Crippen LogP contribution in [0.4, 0.5) is 11.5 Å². The van der Waals surface area contributed by atoms with Crippen LogP contribution >= 0.6 is 27.3 Å². The van der Waals surface area contributed by atoms with Crippen molar-refractivity contribution >= 4 is 49.7 Å². The molecule has 0 bridgehead atoms. The van der Waals surface area contributed by atoms with E-state index in [1.165, 1.54) is 12.1 Å². The summed E-state index contributed by atoms with van der Waals surface area (Å²) in [4.78, 5) is 15.9. The number of nitro groups is 1. The van der Waals surface area contributed by atoms with E-state index in [0.717, 1.165) is 8.66 Å². The summed E-state index contributed by atoms with van der Waals surface area (Å²) in [5.74, 6) is 0.562. The van der Waals surface area contributed by atoms with Crippen molar-refractivity contribution in [2.75, 3.05) is 5.32 Å². The Morgan fingerprint density at radius 2 is 2.17 bits per heavy atom. The fraction of sp³-hybridized carbons (Fsp3) is 0.0667. The van der Waals surface area contributed by atoms with Gasteiger partial charge in [-0.05, 0) is 40.2 Å². The van der Waals surface area contributed by atoms with Crippen molar-refractivity contribution in [2.24, 2.45) is 0 Å². The summed E-state index contributed by atoms with van der Waals surface area (Å²) < 4.78 is 1.05. The molecule has 3 aromatic rings. The first-order valence-electron chi connectivity index (χ1n) is 6.54. The summed E-state index contributed by atoms with van der Waals surface area (Å²) in [5, 5.41) is 23.8. The van der Waals surface area contributed by atoms with E-state index in [0.29, 0.717) is 28.8 Å². The predicted molar refractivity (Wildman–Crippen MR) is 92.5 cm³/mol. The quantitative estimate of drug-likeness (QED) is 0.526. The Balaban J connectivity index is 1.95. The molecule has 2 heterocycles. The second-order valence-electron chi connectivity index (χ2n) is 4.68. The first kappa shape index (κ1) is 15.4. The molecule has 2 aromatic heterocycles. The summed E-state index contributed by atoms with van der Waals surface area (Å²) in [5.41, 5.74) is 0.845. The number of fused-ring (bicyclic) bond motifs is 1. The minimum atomic E-state index is -0.485. The number of nitriles is 1. The molecule has 0 spiro atoms. The van der Waals surface area contributed by atoms with Crippen LogP contribution in [0.1, 0.15) is 10.4 Å². The number of nitro benzene ring substituents is 1. The number of rotatable bonds is 4. The van der Waals surface area contributed by atoms with E-state index >= 15 is 0 Å². The molecule has 1 aromatic carbocycles. The van der Waals surface area contributed by atoms with E-state index in [-0.39, 0.29) is 5.69 Å². The molecule has 0 saturated heterocycles. The van der Waals surface area contributed by atoms with Crippen molar-refractivity contribution < 1.29 is 4.92 Å². The highest BCUT2D eigenvalue weighted by Crippen LogP contribution is 2.26. The zero-order valence-electron chi connectivity index (χ0n) is 11.6. The van der Waals surface area contributed by atoms with Crippen LogP contribution in [-0.2, 0) is 6.54 Å². The van der Waals surface area contributed by atoms with Crippen LogP contribution < -0.4 is 5.32 Å². The minimum absolute atomic E-state index is 0.0556. The van der Waals surface area contributed by atoms with Crippen molar-refractivity contribution in [3.05, 3.63) is 60.7 Å². The van der Waals surface area contributed by atoms with Crippen molar-refractivity contribution in [1.29, 1.82) is 5.26 Å². The van der Waals surface area contributed by atoms with Crippen molar-refractivity contribution in [1.82, 2.24) is 4.98 Å². The number of hydrogen-bond acceptors (Lipinski definition) is 6. The van der Waals surface area contributed by atoms with Gasteiger partial charge in [0.15, 0.2) is 0 Å². The van der Waals surface area contributed by atoms with Gasteiger partial charge in [-0.3, -0.25) is 10.1 Å². The fourth-order valence-corrected chi connectivity index (χ4v) is 3.56. The fourth-order valence-electron chi connectivity index (χ4n) is 2.13. The molecule has 0 atom stereocenters. The number of nitrogens with one attached hydrogen (secondary N) is 1. The molecule has 3 rings (SSSR count). The Morgan fingerprint density at radius 1 is 1.35 bits per heavy atom. The van der Waals surface area contributed by atoms with Gasteiger partial charge in [0.25, 0.3) is 5.69 Å². The number of halogens is 1. The summed E-state index contributed by atoms with van der Waals surface area (Å²) in [7, 11) is 0. The zero-order valence-corrected chi connectivity index (χ0v) is 14.0. The molecule has 0 saturated carbocycles. The minimum Gasteiger partial charge on any atom is -0.365 e. The van der Waals surface area contributed by atoms with Gasteiger partial charge in [-0.15, -0.1) is 11.3 Å². The Labute approximate surface area is 143 Å². The molecule has 0 amide bonds. The van der Waals surface area contributed by atoms with Crippen LogP contribution in [0.3, 0.4) is 0 Å². The molecule has 0 unspecified atom stereocenters. The Hall–Kier alpha value is -2.50. The molecule has 114 valence electrons.